The van der Waals surface area contributed by atoms with Crippen LogP contribution in [-0.4, -0.2) is 18.6 Å². The second kappa shape index (κ2) is 15.4. The Hall–Kier alpha value is -0.0800. The molecular formula is C21H46N2. The van der Waals surface area contributed by atoms with Gasteiger partial charge in [-0.1, -0.05) is 60.3 Å². The highest BCUT2D eigenvalue weighted by Gasteiger charge is 2.11. The van der Waals surface area contributed by atoms with Gasteiger partial charge in [0.15, 0.2) is 0 Å². The Morgan fingerprint density at radius 1 is 0.739 bits per heavy atom. The Labute approximate surface area is 147 Å². The van der Waals surface area contributed by atoms with E-state index in [0.29, 0.717) is 6.04 Å². The van der Waals surface area contributed by atoms with E-state index in [1.807, 2.05) is 0 Å². The lowest BCUT2D eigenvalue weighted by Gasteiger charge is -2.21. The summed E-state index contributed by atoms with van der Waals surface area (Å²) in [5.41, 5.74) is 6.19. The molecule has 0 amide bonds. The highest BCUT2D eigenvalue weighted by Crippen LogP contribution is 2.15. The summed E-state index contributed by atoms with van der Waals surface area (Å²) in [5, 5.41) is 3.83. The fraction of sp³-hybridized carbons (Fsp3) is 1.00. The molecule has 140 valence electrons. The Kier molecular flexibility index (Phi) is 15.4. The highest BCUT2D eigenvalue weighted by molar-refractivity contribution is 4.70. The minimum absolute atomic E-state index is 0.425. The molecule has 0 bridgehead atoms. The van der Waals surface area contributed by atoms with Gasteiger partial charge < -0.3 is 11.1 Å². The van der Waals surface area contributed by atoms with Gasteiger partial charge in [-0.2, -0.15) is 0 Å². The Morgan fingerprint density at radius 2 is 1.39 bits per heavy atom. The summed E-state index contributed by atoms with van der Waals surface area (Å²) in [6, 6.07) is 1.16. The van der Waals surface area contributed by atoms with Crippen LogP contribution in [0, 0.1) is 11.8 Å². The van der Waals surface area contributed by atoms with E-state index in [2.05, 4.69) is 39.9 Å². The van der Waals surface area contributed by atoms with Crippen LogP contribution in [0.4, 0.5) is 0 Å². The van der Waals surface area contributed by atoms with E-state index in [4.69, 9.17) is 5.73 Å². The fourth-order valence-corrected chi connectivity index (χ4v) is 3.12. The molecule has 0 saturated carbocycles. The third-order valence-electron chi connectivity index (χ3n) is 5.03. The van der Waals surface area contributed by atoms with Gasteiger partial charge in [0.2, 0.25) is 0 Å². The van der Waals surface area contributed by atoms with Gasteiger partial charge in [-0.15, -0.1) is 0 Å². The van der Waals surface area contributed by atoms with Gasteiger partial charge in [-0.05, 0) is 63.3 Å². The molecule has 0 heterocycles. The van der Waals surface area contributed by atoms with Gasteiger partial charge in [0.05, 0.1) is 0 Å². The Balaban J connectivity index is 3.83. The van der Waals surface area contributed by atoms with Crippen LogP contribution in [0.25, 0.3) is 0 Å². The Morgan fingerprint density at radius 3 is 2.00 bits per heavy atom. The summed E-state index contributed by atoms with van der Waals surface area (Å²) in [6.45, 7) is 12.8. The first-order valence-corrected chi connectivity index (χ1v) is 10.5. The van der Waals surface area contributed by atoms with Gasteiger partial charge in [0.1, 0.15) is 0 Å². The molecule has 0 rings (SSSR count). The minimum atomic E-state index is 0.425. The van der Waals surface area contributed by atoms with E-state index in [1.54, 1.807) is 0 Å². The summed E-state index contributed by atoms with van der Waals surface area (Å²) < 4.78 is 0. The Bertz CT molecular complexity index is 240. The van der Waals surface area contributed by atoms with Crippen molar-refractivity contribution in [1.29, 1.82) is 0 Å². The lowest BCUT2D eigenvalue weighted by molar-refractivity contribution is 0.369. The van der Waals surface area contributed by atoms with Crippen molar-refractivity contribution in [2.45, 2.75) is 117 Å². The normalized spacial score (nSPS) is 15.8. The standard InChI is InChI=1S/C21H46N2/c1-6-8-10-20(22)14-13-19(5)16-17-23-21(11-9-7-2)15-12-18(3)4/h18-21,23H,6-17,22H2,1-5H3. The van der Waals surface area contributed by atoms with E-state index in [1.165, 1.54) is 77.2 Å². The SMILES string of the molecule is CCCCC(N)CCC(C)CCNC(CCCC)CCC(C)C. The molecule has 2 heteroatoms. The molecule has 3 atom stereocenters. The number of hydrogen-bond acceptors (Lipinski definition) is 2. The number of hydrogen-bond donors (Lipinski definition) is 2. The molecule has 3 N–H and O–H groups in total. The van der Waals surface area contributed by atoms with Crippen LogP contribution in [-0.2, 0) is 0 Å². The van der Waals surface area contributed by atoms with Crippen molar-refractivity contribution in [3.8, 4) is 0 Å². The van der Waals surface area contributed by atoms with Crippen LogP contribution in [0.1, 0.15) is 105 Å². The zero-order chi connectivity index (χ0) is 17.5. The molecule has 0 fully saturated rings. The van der Waals surface area contributed by atoms with Crippen LogP contribution >= 0.6 is 0 Å². The average molecular weight is 327 g/mol. The van der Waals surface area contributed by atoms with E-state index in [9.17, 15) is 0 Å². The van der Waals surface area contributed by atoms with Crippen molar-refractivity contribution < 1.29 is 0 Å². The number of rotatable bonds is 16. The number of unbranched alkanes of at least 4 members (excludes halogenated alkanes) is 2. The fourth-order valence-electron chi connectivity index (χ4n) is 3.12. The molecule has 0 aromatic heterocycles. The summed E-state index contributed by atoms with van der Waals surface area (Å²) in [5.74, 6) is 1.62. The molecular weight excluding hydrogens is 280 g/mol. The smallest absolute Gasteiger partial charge is 0.00671 e. The van der Waals surface area contributed by atoms with E-state index in [0.717, 1.165) is 17.9 Å². The predicted molar refractivity (Wildman–Crippen MR) is 106 cm³/mol. The van der Waals surface area contributed by atoms with E-state index >= 15 is 0 Å². The number of nitrogens with one attached hydrogen (secondary N) is 1. The zero-order valence-corrected chi connectivity index (χ0v) is 16.9. The van der Waals surface area contributed by atoms with E-state index in [-0.39, 0.29) is 0 Å². The van der Waals surface area contributed by atoms with Crippen molar-refractivity contribution in [2.24, 2.45) is 17.6 Å². The van der Waals surface area contributed by atoms with Gasteiger partial charge in [0.25, 0.3) is 0 Å². The average Bonchev–Trinajstić information content (AvgIpc) is 2.52. The van der Waals surface area contributed by atoms with Crippen LogP contribution in [0.3, 0.4) is 0 Å². The number of nitrogens with two attached hydrogens (primary N) is 1. The molecule has 0 aliphatic heterocycles. The second-order valence-corrected chi connectivity index (χ2v) is 8.14. The van der Waals surface area contributed by atoms with Crippen LogP contribution in [0.15, 0.2) is 0 Å². The summed E-state index contributed by atoms with van der Waals surface area (Å²) in [6.07, 6.45) is 14.3. The molecule has 0 aliphatic rings. The summed E-state index contributed by atoms with van der Waals surface area (Å²) in [7, 11) is 0. The lowest BCUT2D eigenvalue weighted by Crippen LogP contribution is -2.31. The van der Waals surface area contributed by atoms with Crippen LogP contribution < -0.4 is 11.1 Å². The monoisotopic (exact) mass is 326 g/mol. The second-order valence-electron chi connectivity index (χ2n) is 8.14. The molecule has 0 radical (unpaired) electrons. The van der Waals surface area contributed by atoms with Crippen molar-refractivity contribution in [3.63, 3.8) is 0 Å². The first kappa shape index (κ1) is 22.9. The largest absolute Gasteiger partial charge is 0.328 e. The highest BCUT2D eigenvalue weighted by atomic mass is 14.9. The molecule has 0 spiro atoms. The molecule has 0 aliphatic carbocycles. The quantitative estimate of drug-likeness (QED) is 0.371. The van der Waals surface area contributed by atoms with Gasteiger partial charge in [-0.3, -0.25) is 0 Å². The van der Waals surface area contributed by atoms with Crippen LogP contribution in [0.5, 0.6) is 0 Å². The van der Waals surface area contributed by atoms with Crippen molar-refractivity contribution in [1.82, 2.24) is 5.32 Å². The zero-order valence-electron chi connectivity index (χ0n) is 16.9. The summed E-state index contributed by atoms with van der Waals surface area (Å²) >= 11 is 0. The van der Waals surface area contributed by atoms with Crippen molar-refractivity contribution in [3.05, 3.63) is 0 Å². The van der Waals surface area contributed by atoms with Gasteiger partial charge in [0, 0.05) is 12.1 Å². The van der Waals surface area contributed by atoms with Crippen molar-refractivity contribution >= 4 is 0 Å². The molecule has 0 saturated heterocycles. The third-order valence-corrected chi connectivity index (χ3v) is 5.03. The maximum absolute atomic E-state index is 6.19. The molecule has 23 heavy (non-hydrogen) atoms. The molecule has 0 aromatic carbocycles. The maximum atomic E-state index is 6.19. The predicted octanol–water partition coefficient (Wildman–Crippen LogP) is 5.89. The molecule has 3 unspecified atom stereocenters. The van der Waals surface area contributed by atoms with Gasteiger partial charge in [-0.25, -0.2) is 0 Å². The minimum Gasteiger partial charge on any atom is -0.328 e. The van der Waals surface area contributed by atoms with Crippen molar-refractivity contribution in [2.75, 3.05) is 6.54 Å². The van der Waals surface area contributed by atoms with E-state index < -0.39 is 0 Å². The van der Waals surface area contributed by atoms with Crippen LogP contribution in [0.2, 0.25) is 0 Å². The first-order valence-electron chi connectivity index (χ1n) is 10.5. The van der Waals surface area contributed by atoms with Gasteiger partial charge >= 0.3 is 0 Å². The summed E-state index contributed by atoms with van der Waals surface area (Å²) in [4.78, 5) is 0. The molecule has 2 nitrogen and oxygen atoms in total. The lowest BCUT2D eigenvalue weighted by atomic mass is 9.96. The molecule has 0 aromatic rings. The maximum Gasteiger partial charge on any atom is 0.00671 e. The first-order chi connectivity index (χ1) is 11.0. The topological polar surface area (TPSA) is 38.0 Å². The third kappa shape index (κ3) is 15.2.